The average Bonchev–Trinajstić information content (AvgIpc) is 3.11. The predicted octanol–water partition coefficient (Wildman–Crippen LogP) is 5.74. The number of ether oxygens (including phenoxy) is 3. The van der Waals surface area contributed by atoms with Crippen molar-refractivity contribution in [2.45, 2.75) is 170 Å². The van der Waals surface area contributed by atoms with Crippen LogP contribution in [0, 0.1) is 39.4 Å². The summed E-state index contributed by atoms with van der Waals surface area (Å²) in [7, 11) is 2.78. The quantitative estimate of drug-likeness (QED) is 0.0176. The number of aliphatic hydroxyl groups is 6. The third-order valence-corrected chi connectivity index (χ3v) is 17.5. The number of aliphatic hydroxyl groups excluding tert-OH is 6. The second kappa shape index (κ2) is 36.2. The van der Waals surface area contributed by atoms with Crippen LogP contribution < -0.4 is 11.2 Å². The number of aromatic nitrogens is 4. The number of rotatable bonds is 16. The molecule has 5 saturated heterocycles. The van der Waals surface area contributed by atoms with Crippen LogP contribution in [-0.4, -0.2) is 198 Å². The average molecular weight is 1360 g/mol. The van der Waals surface area contributed by atoms with E-state index in [1.54, 1.807) is 13.0 Å². The number of methoxy groups -OCH3 is 2. The van der Waals surface area contributed by atoms with E-state index >= 15 is 0 Å². The molecule has 7 heterocycles. The van der Waals surface area contributed by atoms with Gasteiger partial charge in [0, 0.05) is 70.5 Å². The number of hydrogen-bond acceptors (Lipinski definition) is 18. The first-order chi connectivity index (χ1) is 42.1. The maximum atomic E-state index is 13.5. The maximum absolute atomic E-state index is 13.5. The first-order valence-electron chi connectivity index (χ1n) is 29.2. The van der Waals surface area contributed by atoms with E-state index in [2.05, 4.69) is 107 Å². The zero-order valence-corrected chi connectivity index (χ0v) is 51.8. The van der Waals surface area contributed by atoms with Gasteiger partial charge in [0.15, 0.2) is 12.5 Å². The number of fused-ring (bicyclic) bond motifs is 4. The lowest BCUT2D eigenvalue weighted by Crippen LogP contribution is -2.56. The number of aryl methyl sites for hydroxylation is 2. The van der Waals surface area contributed by atoms with Crippen LogP contribution in [0.15, 0.2) is 89.0 Å². The van der Waals surface area contributed by atoms with Gasteiger partial charge in [-0.05, 0) is 147 Å². The Morgan fingerprint density at radius 3 is 2.09 bits per heavy atom. The molecule has 0 amide bonds. The lowest BCUT2D eigenvalue weighted by atomic mass is 9.76. The number of nitrogens with zero attached hydrogens (tertiary/aromatic N) is 6. The van der Waals surface area contributed by atoms with Crippen molar-refractivity contribution < 1.29 is 81.3 Å². The van der Waals surface area contributed by atoms with Gasteiger partial charge >= 0.3 is 17.6 Å². The Morgan fingerprint density at radius 1 is 0.898 bits per heavy atom. The monoisotopic (exact) mass is 1360 g/mol. The fraction of sp³-hybridized carbons (Fsp3) is 0.617. The van der Waals surface area contributed by atoms with Gasteiger partial charge in [-0.2, -0.15) is 0 Å². The highest BCUT2D eigenvalue weighted by molar-refractivity contribution is 14.1. The van der Waals surface area contributed by atoms with Crippen molar-refractivity contribution in [2.24, 2.45) is 11.8 Å². The molecule has 28 heteroatoms. The topological polar surface area (TPSA) is 306 Å². The Balaban J connectivity index is 0.000000201. The van der Waals surface area contributed by atoms with Gasteiger partial charge < -0.3 is 59.9 Å². The van der Waals surface area contributed by atoms with Crippen LogP contribution in [-0.2, 0) is 30.3 Å². The van der Waals surface area contributed by atoms with E-state index in [0.717, 1.165) is 30.4 Å². The molecule has 12 unspecified atom stereocenters. The number of allylic oxidation sites excluding steroid dienone is 1. The molecule has 22 nitrogen and oxygen atoms in total. The number of piperidine rings is 2. The van der Waals surface area contributed by atoms with Gasteiger partial charge in [-0.1, -0.05) is 46.9 Å². The molecular formula is C60H83F5IN7O15. The van der Waals surface area contributed by atoms with Crippen LogP contribution in [0.2, 0.25) is 0 Å². The minimum atomic E-state index is -2.04. The van der Waals surface area contributed by atoms with Crippen molar-refractivity contribution in [3.05, 3.63) is 136 Å². The van der Waals surface area contributed by atoms with E-state index in [1.165, 1.54) is 83.3 Å². The molecule has 4 bridgehead atoms. The third kappa shape index (κ3) is 19.9. The normalized spacial score (nSPS) is 28.8. The molecule has 4 aromatic rings. The maximum Gasteiger partial charge on any atom is 0.434 e. The Bertz CT molecular complexity index is 2890. The zero-order valence-electron chi connectivity index (χ0n) is 49.6. The standard InChI is InChI=1S/C18H23FINO2.C17H22FN.C11H15FN2O3.C6H8FN3O3.C6H11FO5.C2H4O2/c1-23-18(22)17-15(12-3-5-13(20)6-4-12)11-14-7-8-16(17)21(14)10-2-9-19;1-13-3-5-14(6-4-13)15-11-16-7-8-17(12-15)19(16)10-2-9-18;1-6-4-14(11(17)13-10(6)16)8-2-7(5-15)9(12)3-8;7-3-5(11)4-9-2-1-8-6(9)10(12)13;7-3-5(10)4(9)2(1-8)12-6(3)11;1-4-2-3/h3-6,14-17H,2,7-11H2,1H3;2-6,10,15-17H,7-9,11-12H2,1H3;4,7-9,15H,2-3,5H2,1H3,(H,13,16,17);1-2,5,11H,3-4H2;2-6,8-11H,1H2;2H,1H3/b;10-2+;;;;/t14?,15?,16?,17-;;7-,8-,9?;;;/m0.1.../s1/i19-1;18-1;12-1;2*7-1;. The summed E-state index contributed by atoms with van der Waals surface area (Å²) in [4.78, 5) is 64.3. The predicted molar refractivity (Wildman–Crippen MR) is 322 cm³/mol. The molecular weight excluding hydrogens is 1280 g/mol. The number of carbonyl (C=O) groups excluding carboxylic acids is 2. The molecule has 6 aliphatic rings. The minimum Gasteiger partial charge on any atom is -0.471 e. The number of nitrogens with one attached hydrogen (secondary N) is 1. The second-order valence-electron chi connectivity index (χ2n) is 22.5. The molecule has 2 aromatic heterocycles. The summed E-state index contributed by atoms with van der Waals surface area (Å²) in [6, 6.07) is 19.1. The number of hydrogen-bond donors (Lipinski definition) is 7. The fourth-order valence-electron chi connectivity index (χ4n) is 12.4. The van der Waals surface area contributed by atoms with Crippen molar-refractivity contribution in [2.75, 3.05) is 54.0 Å². The fourth-order valence-corrected chi connectivity index (χ4v) is 12.8. The molecule has 0 radical (unpaired) electrons. The molecule has 2 aromatic carbocycles. The highest BCUT2D eigenvalue weighted by atomic mass is 127. The molecule has 1 saturated carbocycles. The first-order valence-corrected chi connectivity index (χ1v) is 30.3. The lowest BCUT2D eigenvalue weighted by Gasteiger charge is -2.43. The number of nitro groups is 1. The number of carbonyl (C=O) groups is 2. The number of H-pyrrole nitrogens is 1. The molecule has 10 rings (SSSR count). The van der Waals surface area contributed by atoms with Crippen LogP contribution in [0.1, 0.15) is 104 Å². The van der Waals surface area contributed by atoms with E-state index in [0.29, 0.717) is 48.9 Å². The molecule has 1 aliphatic carbocycles. The van der Waals surface area contributed by atoms with Gasteiger partial charge in [-0.3, -0.25) is 33.2 Å². The number of esters is 1. The molecule has 7 N–H and O–H groups in total. The van der Waals surface area contributed by atoms with Gasteiger partial charge in [-0.15, -0.1) is 0 Å². The minimum absolute atomic E-state index is 0.121. The van der Waals surface area contributed by atoms with E-state index < -0.39 is 84.4 Å². The van der Waals surface area contributed by atoms with Crippen molar-refractivity contribution >= 4 is 41.0 Å². The van der Waals surface area contributed by atoms with Crippen molar-refractivity contribution in [1.82, 2.24) is 28.9 Å². The number of imidazole rings is 1. The van der Waals surface area contributed by atoms with Gasteiger partial charge in [-0.25, -0.2) is 26.9 Å². The molecule has 0 spiro atoms. The summed E-state index contributed by atoms with van der Waals surface area (Å²) in [5, 5.41) is 63.5. The van der Waals surface area contributed by atoms with E-state index in [9.17, 15) is 46.5 Å². The summed E-state index contributed by atoms with van der Waals surface area (Å²) in [6.45, 7) is 2.33. The molecule has 5 aliphatic heterocycles. The van der Waals surface area contributed by atoms with Gasteiger partial charge in [0.05, 0.1) is 33.4 Å². The SMILES string of the molecule is COC(=O)[C@H]1C(c2ccc(I)cc2)CC2CCC1N2CCC[18F].COC=O.Cc1ccc(C2CC3CCC(C2)N3/C=C/C[18F])cc1.Cc1cn([C@H]2CC([18F])[C@@H](CO)C2)c(=O)[nH]c1=O.O=[N+]([O-])c1nccn1CC(O)C[18F].OCC1OC(O)C([18F])C(O)C1O. The van der Waals surface area contributed by atoms with E-state index in [1.807, 2.05) is 6.20 Å². The highest BCUT2D eigenvalue weighted by Crippen LogP contribution is 2.48. The van der Waals surface area contributed by atoms with Crippen LogP contribution in [0.25, 0.3) is 0 Å². The second-order valence-corrected chi connectivity index (χ2v) is 23.7. The Kier molecular flexibility index (Phi) is 30.0. The van der Waals surface area contributed by atoms with Gasteiger partial charge in [0.1, 0.15) is 62.9 Å². The largest absolute Gasteiger partial charge is 0.471 e. The molecule has 6 fully saturated rings. The number of aromatic amines is 1. The van der Waals surface area contributed by atoms with Crippen molar-refractivity contribution in [3.63, 3.8) is 0 Å². The van der Waals surface area contributed by atoms with Gasteiger partial charge in [0.25, 0.3) is 12.0 Å². The molecule has 490 valence electrons. The summed E-state index contributed by atoms with van der Waals surface area (Å²) in [6.07, 6.45) is 6.35. The van der Waals surface area contributed by atoms with Crippen LogP contribution in [0.4, 0.5) is 27.9 Å². The van der Waals surface area contributed by atoms with E-state index in [-0.39, 0.29) is 62.8 Å². The Labute approximate surface area is 520 Å². The molecule has 88 heavy (non-hydrogen) atoms. The third-order valence-electron chi connectivity index (χ3n) is 16.8. The number of halogens is 6. The highest BCUT2D eigenvalue weighted by Gasteiger charge is 2.51. The van der Waals surface area contributed by atoms with Crippen LogP contribution in [0.3, 0.4) is 0 Å². The summed E-state index contributed by atoms with van der Waals surface area (Å²) in [5.41, 5.74) is 3.53. The smallest absolute Gasteiger partial charge is 0.434 e. The summed E-state index contributed by atoms with van der Waals surface area (Å²) >= 11 is 2.30. The summed E-state index contributed by atoms with van der Waals surface area (Å²) in [5.74, 6) is -0.180. The zero-order chi connectivity index (χ0) is 64.8. The van der Waals surface area contributed by atoms with Gasteiger partial charge in [0.2, 0.25) is 0 Å². The van der Waals surface area contributed by atoms with Crippen LogP contribution in [0.5, 0.6) is 0 Å². The lowest BCUT2D eigenvalue weighted by molar-refractivity contribution is -0.397. The Hall–Kier alpha value is -5.73. The van der Waals surface area contributed by atoms with E-state index in [4.69, 9.17) is 40.2 Å². The number of alkyl halides is 5. The van der Waals surface area contributed by atoms with Crippen molar-refractivity contribution in [1.29, 1.82) is 0 Å². The van der Waals surface area contributed by atoms with Crippen molar-refractivity contribution in [3.8, 4) is 0 Å². The summed E-state index contributed by atoms with van der Waals surface area (Å²) < 4.78 is 80.0. The first kappa shape index (κ1) is 73.0. The number of benzene rings is 2. The Morgan fingerprint density at radius 2 is 1.53 bits per heavy atom. The van der Waals surface area contributed by atoms with Crippen LogP contribution >= 0.6 is 22.6 Å². The molecule has 15 atom stereocenters.